The Labute approximate surface area is 147 Å². The molecule has 132 valence electrons. The van der Waals surface area contributed by atoms with Crippen LogP contribution in [0, 0.1) is 13.8 Å². The van der Waals surface area contributed by atoms with Crippen molar-refractivity contribution in [2.75, 3.05) is 7.11 Å². The number of hydrogen-bond acceptors (Lipinski definition) is 5. The van der Waals surface area contributed by atoms with Gasteiger partial charge >= 0.3 is 0 Å². The van der Waals surface area contributed by atoms with Crippen LogP contribution in [0.2, 0.25) is 0 Å². The Hall–Kier alpha value is -2.53. The Morgan fingerprint density at radius 1 is 1.24 bits per heavy atom. The molecule has 0 fully saturated rings. The van der Waals surface area contributed by atoms with Gasteiger partial charge in [0.05, 0.1) is 25.1 Å². The highest BCUT2D eigenvalue weighted by Gasteiger charge is 2.30. The standard InChI is InChI=1S/C20H23NO4/c1-12-15-11-24-20(3,4)25-19(15)13(2)21-16(12)8-6-14-7-9-18(23-5)17(22)10-14/h6-10,22H,11H2,1-5H3/b8-6+. The van der Waals surface area contributed by atoms with Gasteiger partial charge in [-0.25, -0.2) is 4.98 Å². The number of nitrogens with zero attached hydrogens (tertiary/aromatic N) is 1. The lowest BCUT2D eigenvalue weighted by atomic mass is 10.0. The monoisotopic (exact) mass is 341 g/mol. The Morgan fingerprint density at radius 2 is 2.00 bits per heavy atom. The average molecular weight is 341 g/mol. The molecule has 0 aliphatic carbocycles. The molecule has 5 heteroatoms. The van der Waals surface area contributed by atoms with Gasteiger partial charge in [0, 0.05) is 19.4 Å². The molecule has 0 atom stereocenters. The summed E-state index contributed by atoms with van der Waals surface area (Å²) in [5.41, 5.74) is 4.63. The van der Waals surface area contributed by atoms with Gasteiger partial charge in [-0.1, -0.05) is 12.1 Å². The minimum Gasteiger partial charge on any atom is -0.504 e. The molecule has 0 saturated heterocycles. The van der Waals surface area contributed by atoms with Crippen molar-refractivity contribution < 1.29 is 19.3 Å². The fourth-order valence-electron chi connectivity index (χ4n) is 2.84. The molecule has 2 heterocycles. The van der Waals surface area contributed by atoms with Crippen molar-refractivity contribution in [1.82, 2.24) is 4.98 Å². The Bertz CT molecular complexity index is 840. The van der Waals surface area contributed by atoms with E-state index >= 15 is 0 Å². The van der Waals surface area contributed by atoms with Crippen LogP contribution in [-0.2, 0) is 11.3 Å². The van der Waals surface area contributed by atoms with E-state index in [1.807, 2.05) is 45.9 Å². The van der Waals surface area contributed by atoms with Crippen molar-refractivity contribution in [3.8, 4) is 17.2 Å². The van der Waals surface area contributed by atoms with Crippen LogP contribution in [0.3, 0.4) is 0 Å². The molecule has 3 rings (SSSR count). The first-order chi connectivity index (χ1) is 11.8. The number of phenolic OH excluding ortho intramolecular Hbond substituents is 1. The van der Waals surface area contributed by atoms with Gasteiger partial charge in [-0.15, -0.1) is 0 Å². The van der Waals surface area contributed by atoms with Crippen LogP contribution in [0.5, 0.6) is 17.2 Å². The van der Waals surface area contributed by atoms with E-state index in [0.29, 0.717) is 12.4 Å². The normalized spacial score (nSPS) is 15.7. The molecule has 0 unspecified atom stereocenters. The maximum absolute atomic E-state index is 9.89. The van der Waals surface area contributed by atoms with E-state index in [-0.39, 0.29) is 5.75 Å². The molecule has 1 aliphatic rings. The lowest BCUT2D eigenvalue weighted by molar-refractivity contribution is -0.180. The fourth-order valence-corrected chi connectivity index (χ4v) is 2.84. The number of methoxy groups -OCH3 is 1. The summed E-state index contributed by atoms with van der Waals surface area (Å²) in [6.45, 7) is 8.25. The van der Waals surface area contributed by atoms with Crippen LogP contribution in [0.25, 0.3) is 12.2 Å². The number of fused-ring (bicyclic) bond motifs is 1. The second-order valence-electron chi connectivity index (χ2n) is 6.57. The molecule has 2 aromatic rings. The van der Waals surface area contributed by atoms with Crippen LogP contribution in [-0.4, -0.2) is 23.0 Å². The number of aromatic nitrogens is 1. The molecule has 1 aliphatic heterocycles. The van der Waals surface area contributed by atoms with Gasteiger partial charge in [0.2, 0.25) is 5.79 Å². The molecule has 0 bridgehead atoms. The van der Waals surface area contributed by atoms with Gasteiger partial charge in [0.25, 0.3) is 0 Å². The molecule has 1 aromatic heterocycles. The van der Waals surface area contributed by atoms with Gasteiger partial charge in [-0.05, 0) is 43.2 Å². The van der Waals surface area contributed by atoms with Crippen LogP contribution >= 0.6 is 0 Å². The molecule has 1 N–H and O–H groups in total. The third kappa shape index (κ3) is 3.46. The van der Waals surface area contributed by atoms with Crippen molar-refractivity contribution >= 4 is 12.2 Å². The lowest BCUT2D eigenvalue weighted by Gasteiger charge is -2.34. The summed E-state index contributed by atoms with van der Waals surface area (Å²) in [4.78, 5) is 4.67. The van der Waals surface area contributed by atoms with E-state index < -0.39 is 5.79 Å². The second kappa shape index (κ2) is 6.41. The highest BCUT2D eigenvalue weighted by molar-refractivity contribution is 5.72. The maximum Gasteiger partial charge on any atom is 0.205 e. The van der Waals surface area contributed by atoms with Crippen molar-refractivity contribution in [2.45, 2.75) is 40.1 Å². The first kappa shape index (κ1) is 17.3. The van der Waals surface area contributed by atoms with E-state index in [2.05, 4.69) is 4.98 Å². The molecular weight excluding hydrogens is 318 g/mol. The number of ether oxygens (including phenoxy) is 3. The summed E-state index contributed by atoms with van der Waals surface area (Å²) in [5, 5.41) is 9.89. The average Bonchev–Trinajstić information content (AvgIpc) is 2.56. The lowest BCUT2D eigenvalue weighted by Crippen LogP contribution is -2.36. The first-order valence-electron chi connectivity index (χ1n) is 8.19. The van der Waals surface area contributed by atoms with Crippen LogP contribution < -0.4 is 9.47 Å². The molecular formula is C20H23NO4. The summed E-state index contributed by atoms with van der Waals surface area (Å²) in [6.07, 6.45) is 3.85. The smallest absolute Gasteiger partial charge is 0.205 e. The summed E-state index contributed by atoms with van der Waals surface area (Å²) in [5.74, 6) is 0.741. The van der Waals surface area contributed by atoms with Crippen LogP contribution in [0.15, 0.2) is 18.2 Å². The van der Waals surface area contributed by atoms with Gasteiger partial charge in [-0.2, -0.15) is 0 Å². The molecule has 25 heavy (non-hydrogen) atoms. The largest absolute Gasteiger partial charge is 0.504 e. The van der Waals surface area contributed by atoms with Crippen molar-refractivity contribution in [3.63, 3.8) is 0 Å². The summed E-state index contributed by atoms with van der Waals surface area (Å²) >= 11 is 0. The molecule has 1 aromatic carbocycles. The predicted octanol–water partition coefficient (Wildman–Crippen LogP) is 4.23. The number of benzene rings is 1. The Balaban J connectivity index is 1.94. The molecule has 0 saturated carbocycles. The molecule has 0 radical (unpaired) electrons. The number of aryl methyl sites for hydroxylation is 1. The Morgan fingerprint density at radius 3 is 2.68 bits per heavy atom. The van der Waals surface area contributed by atoms with E-state index in [4.69, 9.17) is 14.2 Å². The minimum absolute atomic E-state index is 0.111. The number of phenols is 1. The zero-order chi connectivity index (χ0) is 18.2. The molecule has 5 nitrogen and oxygen atoms in total. The van der Waals surface area contributed by atoms with Gasteiger partial charge < -0.3 is 19.3 Å². The number of hydrogen-bond donors (Lipinski definition) is 1. The highest BCUT2D eigenvalue weighted by Crippen LogP contribution is 2.36. The van der Waals surface area contributed by atoms with Crippen molar-refractivity contribution in [2.24, 2.45) is 0 Å². The van der Waals surface area contributed by atoms with Crippen molar-refractivity contribution in [3.05, 3.63) is 46.3 Å². The van der Waals surface area contributed by atoms with E-state index in [1.165, 1.54) is 7.11 Å². The zero-order valence-corrected chi connectivity index (χ0v) is 15.2. The molecule has 0 spiro atoms. The van der Waals surface area contributed by atoms with Gasteiger partial charge in [0.15, 0.2) is 11.5 Å². The van der Waals surface area contributed by atoms with Gasteiger partial charge in [0.1, 0.15) is 5.75 Å². The second-order valence-corrected chi connectivity index (χ2v) is 6.57. The van der Waals surface area contributed by atoms with Crippen molar-refractivity contribution in [1.29, 1.82) is 0 Å². The zero-order valence-electron chi connectivity index (χ0n) is 15.2. The summed E-state index contributed by atoms with van der Waals surface area (Å²) in [7, 11) is 1.53. The number of pyridine rings is 1. The van der Waals surface area contributed by atoms with Gasteiger partial charge in [-0.3, -0.25) is 0 Å². The van der Waals surface area contributed by atoms with Crippen LogP contribution in [0.4, 0.5) is 0 Å². The maximum atomic E-state index is 9.89. The van der Waals surface area contributed by atoms with E-state index in [0.717, 1.165) is 33.8 Å². The number of aromatic hydroxyl groups is 1. The summed E-state index contributed by atoms with van der Waals surface area (Å²) < 4.78 is 16.8. The van der Waals surface area contributed by atoms with E-state index in [1.54, 1.807) is 12.1 Å². The fraction of sp³-hybridized carbons (Fsp3) is 0.350. The molecule has 0 amide bonds. The SMILES string of the molecule is COc1ccc(/C=C/c2nc(C)c3c(c2C)COC(C)(C)O3)cc1O. The first-order valence-corrected chi connectivity index (χ1v) is 8.19. The third-order valence-corrected chi connectivity index (χ3v) is 4.28. The predicted molar refractivity (Wildman–Crippen MR) is 96.8 cm³/mol. The quantitative estimate of drug-likeness (QED) is 0.905. The highest BCUT2D eigenvalue weighted by atomic mass is 16.7. The third-order valence-electron chi connectivity index (χ3n) is 4.28. The van der Waals surface area contributed by atoms with E-state index in [9.17, 15) is 5.11 Å². The topological polar surface area (TPSA) is 60.8 Å². The minimum atomic E-state index is -0.635. The van der Waals surface area contributed by atoms with Crippen LogP contribution in [0.1, 0.15) is 41.9 Å². The summed E-state index contributed by atoms with van der Waals surface area (Å²) in [6, 6.07) is 5.27. The number of rotatable bonds is 3. The Kier molecular flexibility index (Phi) is 4.43.